The average molecular weight is 508 g/mol. The van der Waals surface area contributed by atoms with Crippen LogP contribution in [0.3, 0.4) is 0 Å². The van der Waals surface area contributed by atoms with Crippen molar-refractivity contribution in [2.75, 3.05) is 16.3 Å². The van der Waals surface area contributed by atoms with Crippen LogP contribution in [-0.2, 0) is 28.0 Å². The number of carbonyl (C=O) groups excluding carboxylic acids is 1. The molecule has 4 aromatic rings. The number of aryl methyl sites for hydroxylation is 1. The summed E-state index contributed by atoms with van der Waals surface area (Å²) in [5, 5.41) is 10.8. The van der Waals surface area contributed by atoms with E-state index in [1.54, 1.807) is 42.6 Å². The first-order valence-electron chi connectivity index (χ1n) is 11.0. The van der Waals surface area contributed by atoms with Crippen LogP contribution in [0.5, 0.6) is 17.2 Å². The van der Waals surface area contributed by atoms with Gasteiger partial charge in [-0.2, -0.15) is 0 Å². The van der Waals surface area contributed by atoms with Gasteiger partial charge in [-0.25, -0.2) is 13.1 Å². The van der Waals surface area contributed by atoms with Gasteiger partial charge in [0.1, 0.15) is 30.3 Å². The van der Waals surface area contributed by atoms with Gasteiger partial charge in [-0.15, -0.1) is 5.10 Å². The van der Waals surface area contributed by atoms with E-state index in [0.29, 0.717) is 17.1 Å². The molecule has 0 atom stereocenters. The first-order chi connectivity index (χ1) is 17.2. The molecule has 1 heterocycles. The lowest BCUT2D eigenvalue weighted by molar-refractivity contribution is -0.116. The van der Waals surface area contributed by atoms with Crippen LogP contribution in [0, 0.1) is 6.92 Å². The fourth-order valence-corrected chi connectivity index (χ4v) is 3.77. The van der Waals surface area contributed by atoms with Crippen molar-refractivity contribution in [3.63, 3.8) is 0 Å². The second-order valence-corrected chi connectivity index (χ2v) is 9.81. The Morgan fingerprint density at radius 3 is 2.47 bits per heavy atom. The number of sulfonamides is 1. The number of rotatable bonds is 10. The minimum Gasteiger partial charge on any atom is -0.487 e. The van der Waals surface area contributed by atoms with E-state index in [2.05, 4.69) is 20.4 Å². The van der Waals surface area contributed by atoms with Crippen molar-refractivity contribution in [3.05, 3.63) is 90.3 Å². The van der Waals surface area contributed by atoms with E-state index in [0.717, 1.165) is 17.6 Å². The standard InChI is InChI=1S/C25H25N5O5S/c1-18-8-11-21(12-9-18)34-17-20-15-30(29-27-20)16-25(31)26-19-10-13-23(28-36(2,32)33)24(14-19)35-22-6-4-3-5-7-22/h3-15,28H,16-17H2,1-2H3,(H,26,31). The Balaban J connectivity index is 1.40. The highest BCUT2D eigenvalue weighted by molar-refractivity contribution is 7.92. The van der Waals surface area contributed by atoms with Crippen LogP contribution in [0.2, 0.25) is 0 Å². The van der Waals surface area contributed by atoms with E-state index in [1.807, 2.05) is 37.3 Å². The van der Waals surface area contributed by atoms with Crippen molar-refractivity contribution in [2.24, 2.45) is 0 Å². The Labute approximate surface area is 208 Å². The summed E-state index contributed by atoms with van der Waals surface area (Å²) in [7, 11) is -3.54. The normalized spacial score (nSPS) is 11.1. The summed E-state index contributed by atoms with van der Waals surface area (Å²) in [6.07, 6.45) is 2.68. The molecule has 0 aliphatic heterocycles. The van der Waals surface area contributed by atoms with Gasteiger partial charge < -0.3 is 14.8 Å². The molecule has 1 amide bonds. The maximum absolute atomic E-state index is 12.6. The number of carbonyl (C=O) groups is 1. The highest BCUT2D eigenvalue weighted by Gasteiger charge is 2.13. The SMILES string of the molecule is Cc1ccc(OCc2cn(CC(=O)Nc3ccc(NS(C)(=O)=O)c(Oc4ccccc4)c3)nn2)cc1. The Morgan fingerprint density at radius 2 is 1.75 bits per heavy atom. The summed E-state index contributed by atoms with van der Waals surface area (Å²) in [5.41, 5.74) is 2.39. The molecule has 1 aromatic heterocycles. The van der Waals surface area contributed by atoms with Crippen molar-refractivity contribution in [1.29, 1.82) is 0 Å². The molecule has 0 unspecified atom stereocenters. The molecule has 0 radical (unpaired) electrons. The summed E-state index contributed by atoms with van der Waals surface area (Å²) in [6.45, 7) is 2.15. The van der Waals surface area contributed by atoms with E-state index < -0.39 is 10.0 Å². The zero-order valence-electron chi connectivity index (χ0n) is 19.7. The molecule has 11 heteroatoms. The lowest BCUT2D eigenvalue weighted by atomic mass is 10.2. The van der Waals surface area contributed by atoms with Crippen LogP contribution in [0.4, 0.5) is 11.4 Å². The summed E-state index contributed by atoms with van der Waals surface area (Å²) in [4.78, 5) is 12.6. The maximum Gasteiger partial charge on any atom is 0.246 e. The Morgan fingerprint density at radius 1 is 1.00 bits per heavy atom. The molecule has 0 saturated heterocycles. The number of para-hydroxylation sites is 1. The molecule has 10 nitrogen and oxygen atoms in total. The number of nitrogens with zero attached hydrogens (tertiary/aromatic N) is 3. The van der Waals surface area contributed by atoms with Gasteiger partial charge in [0, 0.05) is 11.8 Å². The number of amides is 1. The number of hydrogen-bond donors (Lipinski definition) is 2. The van der Waals surface area contributed by atoms with Crippen molar-refractivity contribution >= 4 is 27.3 Å². The van der Waals surface area contributed by atoms with Gasteiger partial charge >= 0.3 is 0 Å². The summed E-state index contributed by atoms with van der Waals surface area (Å²) in [6, 6.07) is 21.2. The van der Waals surface area contributed by atoms with Crippen LogP contribution in [0.25, 0.3) is 0 Å². The average Bonchev–Trinajstić information content (AvgIpc) is 3.27. The minimum atomic E-state index is -3.54. The molecular formula is C25H25N5O5S. The van der Waals surface area contributed by atoms with Gasteiger partial charge in [0.15, 0.2) is 5.75 Å². The lowest BCUT2D eigenvalue weighted by Crippen LogP contribution is -2.19. The molecule has 2 N–H and O–H groups in total. The topological polar surface area (TPSA) is 124 Å². The van der Waals surface area contributed by atoms with E-state index in [1.165, 1.54) is 10.7 Å². The van der Waals surface area contributed by atoms with Gasteiger partial charge in [0.25, 0.3) is 0 Å². The molecule has 36 heavy (non-hydrogen) atoms. The molecule has 0 aliphatic carbocycles. The number of anilines is 2. The van der Waals surface area contributed by atoms with Crippen molar-refractivity contribution < 1.29 is 22.7 Å². The molecule has 4 rings (SSSR count). The van der Waals surface area contributed by atoms with Crippen LogP contribution in [-0.4, -0.2) is 35.6 Å². The zero-order chi connectivity index (χ0) is 25.5. The monoisotopic (exact) mass is 507 g/mol. The van der Waals surface area contributed by atoms with Gasteiger partial charge in [0.2, 0.25) is 15.9 Å². The molecule has 0 bridgehead atoms. The Hall–Kier alpha value is -4.38. The number of hydrogen-bond acceptors (Lipinski definition) is 7. The summed E-state index contributed by atoms with van der Waals surface area (Å²) in [5.74, 6) is 1.12. The van der Waals surface area contributed by atoms with Crippen molar-refractivity contribution in [3.8, 4) is 17.2 Å². The van der Waals surface area contributed by atoms with Gasteiger partial charge in [0.05, 0.1) is 18.1 Å². The molecule has 0 saturated carbocycles. The van der Waals surface area contributed by atoms with Crippen LogP contribution in [0.15, 0.2) is 79.0 Å². The van der Waals surface area contributed by atoms with Crippen molar-refractivity contribution in [1.82, 2.24) is 15.0 Å². The highest BCUT2D eigenvalue weighted by atomic mass is 32.2. The second-order valence-electron chi connectivity index (χ2n) is 8.06. The molecule has 3 aromatic carbocycles. The zero-order valence-corrected chi connectivity index (χ0v) is 20.5. The fraction of sp³-hybridized carbons (Fsp3) is 0.160. The first kappa shape index (κ1) is 24.7. The van der Waals surface area contributed by atoms with Gasteiger partial charge in [-0.05, 0) is 43.3 Å². The van der Waals surface area contributed by atoms with Gasteiger partial charge in [-0.1, -0.05) is 41.1 Å². The van der Waals surface area contributed by atoms with Crippen LogP contribution >= 0.6 is 0 Å². The van der Waals surface area contributed by atoms with E-state index in [4.69, 9.17) is 9.47 Å². The third-order valence-electron chi connectivity index (χ3n) is 4.83. The van der Waals surface area contributed by atoms with Crippen molar-refractivity contribution in [2.45, 2.75) is 20.1 Å². The minimum absolute atomic E-state index is 0.0737. The number of nitrogens with one attached hydrogen (secondary N) is 2. The molecule has 0 fully saturated rings. The predicted molar refractivity (Wildman–Crippen MR) is 136 cm³/mol. The lowest BCUT2D eigenvalue weighted by Gasteiger charge is -2.14. The third kappa shape index (κ3) is 7.31. The quantitative estimate of drug-likeness (QED) is 0.333. The largest absolute Gasteiger partial charge is 0.487 e. The number of benzene rings is 3. The summed E-state index contributed by atoms with van der Waals surface area (Å²) < 4.78 is 38.9. The van der Waals surface area contributed by atoms with Crippen LogP contribution < -0.4 is 19.5 Å². The van der Waals surface area contributed by atoms with E-state index >= 15 is 0 Å². The van der Waals surface area contributed by atoms with E-state index in [-0.39, 0.29) is 30.5 Å². The number of aromatic nitrogens is 3. The predicted octanol–water partition coefficient (Wildman–Crippen LogP) is 3.97. The molecule has 186 valence electrons. The number of ether oxygens (including phenoxy) is 2. The third-order valence-corrected chi connectivity index (χ3v) is 5.42. The smallest absolute Gasteiger partial charge is 0.246 e. The van der Waals surface area contributed by atoms with E-state index in [9.17, 15) is 13.2 Å². The molecular weight excluding hydrogens is 482 g/mol. The second kappa shape index (κ2) is 10.9. The highest BCUT2D eigenvalue weighted by Crippen LogP contribution is 2.33. The van der Waals surface area contributed by atoms with Crippen LogP contribution in [0.1, 0.15) is 11.3 Å². The molecule has 0 spiro atoms. The Kier molecular flexibility index (Phi) is 7.50. The Bertz CT molecular complexity index is 1440. The fourth-order valence-electron chi connectivity index (χ4n) is 3.21. The first-order valence-corrected chi connectivity index (χ1v) is 12.9. The van der Waals surface area contributed by atoms with Gasteiger partial charge in [-0.3, -0.25) is 9.52 Å². The summed E-state index contributed by atoms with van der Waals surface area (Å²) >= 11 is 0. The maximum atomic E-state index is 12.6. The molecule has 0 aliphatic rings.